The Morgan fingerprint density at radius 1 is 1.10 bits per heavy atom. The molecule has 9 nitrogen and oxygen atoms in total. The largest absolute Gasteiger partial charge is 0.466 e. The van der Waals surface area contributed by atoms with Crippen molar-refractivity contribution >= 4 is 36.5 Å². The van der Waals surface area contributed by atoms with Crippen molar-refractivity contribution in [3.05, 3.63) is 35.4 Å². The number of amides is 3. The lowest BCUT2D eigenvalue weighted by Crippen LogP contribution is -2.56. The number of terminal acetylenes is 1. The van der Waals surface area contributed by atoms with Crippen LogP contribution in [0.1, 0.15) is 84.9 Å². The van der Waals surface area contributed by atoms with Gasteiger partial charge in [-0.25, -0.2) is 4.79 Å². The highest BCUT2D eigenvalue weighted by atomic mass is 32.1. The summed E-state index contributed by atoms with van der Waals surface area (Å²) in [6, 6.07) is 4.28. The van der Waals surface area contributed by atoms with E-state index >= 15 is 0 Å². The van der Waals surface area contributed by atoms with Crippen molar-refractivity contribution in [1.29, 1.82) is 0 Å². The third-order valence-electron chi connectivity index (χ3n) is 5.93. The van der Waals surface area contributed by atoms with Gasteiger partial charge in [-0.1, -0.05) is 38.0 Å². The molecule has 0 saturated carbocycles. The molecule has 0 bridgehead atoms. The lowest BCUT2D eigenvalue weighted by Gasteiger charge is -2.39. The minimum Gasteiger partial charge on any atom is -0.466 e. The van der Waals surface area contributed by atoms with Crippen LogP contribution in [0, 0.1) is 18.3 Å². The van der Waals surface area contributed by atoms with E-state index in [1.807, 2.05) is 6.92 Å². The Hall–Kier alpha value is -3.19. The number of hydrogen-bond donors (Lipinski definition) is 3. The number of carbonyl (C=O) groups excluding carboxylic acids is 4. The van der Waals surface area contributed by atoms with E-state index in [4.69, 9.17) is 15.9 Å². The molecule has 3 unspecified atom stereocenters. The summed E-state index contributed by atoms with van der Waals surface area (Å²) in [4.78, 5) is 53.9. The number of benzene rings is 1. The molecule has 0 aliphatic carbocycles. The number of carbonyl (C=O) groups is 4. The topological polar surface area (TPSA) is 114 Å². The summed E-state index contributed by atoms with van der Waals surface area (Å²) in [5.41, 5.74) is 0.133. The van der Waals surface area contributed by atoms with Crippen molar-refractivity contribution in [2.45, 2.75) is 91.5 Å². The summed E-state index contributed by atoms with van der Waals surface area (Å²) in [5, 5.41) is 5.38. The molecule has 2 N–H and O–H groups in total. The van der Waals surface area contributed by atoms with Crippen LogP contribution >= 0.6 is 12.6 Å². The second-order valence-corrected chi connectivity index (χ2v) is 11.3. The van der Waals surface area contributed by atoms with Crippen molar-refractivity contribution < 1.29 is 28.7 Å². The maximum atomic E-state index is 14.1. The first-order valence-corrected chi connectivity index (χ1v) is 14.3. The van der Waals surface area contributed by atoms with E-state index in [0.717, 1.165) is 6.42 Å². The number of ether oxygens (including phenoxy) is 2. The smallest absolute Gasteiger partial charge is 0.408 e. The van der Waals surface area contributed by atoms with Gasteiger partial charge in [0.2, 0.25) is 11.8 Å². The first kappa shape index (κ1) is 34.8. The fourth-order valence-corrected chi connectivity index (χ4v) is 4.28. The molecule has 40 heavy (non-hydrogen) atoms. The number of thiol groups is 1. The van der Waals surface area contributed by atoms with Crippen molar-refractivity contribution in [3.63, 3.8) is 0 Å². The van der Waals surface area contributed by atoms with Crippen LogP contribution in [0.15, 0.2) is 24.3 Å². The molecular weight excluding hydrogens is 530 g/mol. The highest BCUT2D eigenvalue weighted by Crippen LogP contribution is 2.29. The number of nitrogens with one attached hydrogen (secondary N) is 2. The average Bonchev–Trinajstić information content (AvgIpc) is 2.87. The standard InChI is InChI=1S/C30H45N3O6S/c1-9-22-13-11-12-14-23(22)26(27(35)31-18-17-25(34)38-10-2)33(21(5)16-15-20(3)4)28(36)24(19-40)32-29(37)39-30(6,7)8/h1,11-14,20-21,24,26,40H,10,15-19H2,2-8H3,(H,31,35)(H,32,37). The predicted molar refractivity (Wildman–Crippen MR) is 159 cm³/mol. The van der Waals surface area contributed by atoms with E-state index in [9.17, 15) is 19.2 Å². The lowest BCUT2D eigenvalue weighted by molar-refractivity contribution is -0.145. The van der Waals surface area contributed by atoms with Crippen molar-refractivity contribution in [2.24, 2.45) is 5.92 Å². The van der Waals surface area contributed by atoms with E-state index in [1.165, 1.54) is 4.90 Å². The van der Waals surface area contributed by atoms with Crippen LogP contribution in [0.4, 0.5) is 4.79 Å². The molecular formula is C30H45N3O6S. The minimum atomic E-state index is -1.13. The van der Waals surface area contributed by atoms with E-state index in [1.54, 1.807) is 52.0 Å². The van der Waals surface area contributed by atoms with Gasteiger partial charge in [-0.15, -0.1) is 6.42 Å². The van der Waals surface area contributed by atoms with Gasteiger partial charge >= 0.3 is 12.1 Å². The molecule has 3 atom stereocenters. The van der Waals surface area contributed by atoms with E-state index in [2.05, 4.69) is 43.0 Å². The zero-order chi connectivity index (χ0) is 30.5. The molecule has 0 aliphatic rings. The van der Waals surface area contributed by atoms with Crippen LogP contribution in [-0.4, -0.2) is 65.4 Å². The molecule has 0 aromatic heterocycles. The van der Waals surface area contributed by atoms with E-state index in [0.29, 0.717) is 23.5 Å². The highest BCUT2D eigenvalue weighted by Gasteiger charge is 2.39. The zero-order valence-electron chi connectivity index (χ0n) is 24.8. The van der Waals surface area contributed by atoms with Gasteiger partial charge < -0.3 is 25.0 Å². The average molecular weight is 576 g/mol. The molecule has 0 saturated heterocycles. The number of esters is 1. The molecule has 10 heteroatoms. The number of alkyl carbamates (subject to hydrolysis) is 1. The van der Waals surface area contributed by atoms with Crippen molar-refractivity contribution in [2.75, 3.05) is 18.9 Å². The molecule has 1 aromatic rings. The van der Waals surface area contributed by atoms with Gasteiger partial charge in [-0.2, -0.15) is 12.6 Å². The fourth-order valence-electron chi connectivity index (χ4n) is 4.03. The molecule has 0 spiro atoms. The van der Waals surface area contributed by atoms with Crippen molar-refractivity contribution in [1.82, 2.24) is 15.5 Å². The summed E-state index contributed by atoms with van der Waals surface area (Å²) < 4.78 is 10.3. The highest BCUT2D eigenvalue weighted by molar-refractivity contribution is 7.80. The van der Waals surface area contributed by atoms with Gasteiger partial charge in [0, 0.05) is 23.9 Å². The van der Waals surface area contributed by atoms with Crippen LogP contribution in [-0.2, 0) is 23.9 Å². The summed E-state index contributed by atoms with van der Waals surface area (Å²) >= 11 is 4.33. The molecule has 1 aromatic carbocycles. The van der Waals surface area contributed by atoms with Crippen LogP contribution in [0.2, 0.25) is 0 Å². The quantitative estimate of drug-likeness (QED) is 0.174. The maximum absolute atomic E-state index is 14.1. The third-order valence-corrected chi connectivity index (χ3v) is 6.30. The Bertz CT molecular complexity index is 1050. The van der Waals surface area contributed by atoms with Crippen LogP contribution < -0.4 is 10.6 Å². The van der Waals surface area contributed by atoms with Crippen LogP contribution in [0.3, 0.4) is 0 Å². The molecule has 222 valence electrons. The molecule has 1 rings (SSSR count). The molecule has 0 radical (unpaired) electrons. The fraction of sp³-hybridized carbons (Fsp3) is 0.600. The molecule has 3 amide bonds. The Labute approximate surface area is 244 Å². The summed E-state index contributed by atoms with van der Waals surface area (Å²) in [5.74, 6) is 1.48. The first-order chi connectivity index (χ1) is 18.7. The van der Waals surface area contributed by atoms with E-state index in [-0.39, 0.29) is 25.3 Å². The van der Waals surface area contributed by atoms with Crippen molar-refractivity contribution in [3.8, 4) is 12.3 Å². The Kier molecular flexibility index (Phi) is 14.6. The summed E-state index contributed by atoms with van der Waals surface area (Å²) in [6.45, 7) is 13.1. The lowest BCUT2D eigenvalue weighted by atomic mass is 9.94. The number of rotatable bonds is 14. The van der Waals surface area contributed by atoms with Gasteiger partial charge in [-0.3, -0.25) is 14.4 Å². The summed E-state index contributed by atoms with van der Waals surface area (Å²) in [7, 11) is 0. The third kappa shape index (κ3) is 11.5. The first-order valence-electron chi connectivity index (χ1n) is 13.7. The minimum absolute atomic E-state index is 0.0148. The van der Waals surface area contributed by atoms with Crippen LogP contribution in [0.25, 0.3) is 0 Å². The van der Waals surface area contributed by atoms with Gasteiger partial charge in [0.1, 0.15) is 17.7 Å². The van der Waals surface area contributed by atoms with E-state index < -0.39 is 47.6 Å². The second kappa shape index (κ2) is 16.8. The number of hydrogen-bond acceptors (Lipinski definition) is 7. The summed E-state index contributed by atoms with van der Waals surface area (Å²) in [6.07, 6.45) is 6.39. The second-order valence-electron chi connectivity index (χ2n) is 10.9. The number of nitrogens with zero attached hydrogens (tertiary/aromatic N) is 1. The molecule has 0 fully saturated rings. The SMILES string of the molecule is C#Cc1ccccc1C(C(=O)NCCC(=O)OCC)N(C(=O)C(CS)NC(=O)OC(C)(C)C)C(C)CCC(C)C. The maximum Gasteiger partial charge on any atom is 0.408 e. The molecule has 0 aliphatic heterocycles. The van der Waals surface area contributed by atoms with Crippen LogP contribution in [0.5, 0.6) is 0 Å². The van der Waals surface area contributed by atoms with Gasteiger partial charge in [0.15, 0.2) is 0 Å². The normalized spacial score (nSPS) is 13.4. The van der Waals surface area contributed by atoms with Gasteiger partial charge in [-0.05, 0) is 65.0 Å². The zero-order valence-corrected chi connectivity index (χ0v) is 25.7. The Morgan fingerprint density at radius 3 is 2.30 bits per heavy atom. The van der Waals surface area contributed by atoms with Gasteiger partial charge in [0.05, 0.1) is 13.0 Å². The monoisotopic (exact) mass is 575 g/mol. The Morgan fingerprint density at radius 2 is 1.75 bits per heavy atom. The predicted octanol–water partition coefficient (Wildman–Crippen LogP) is 4.25. The molecule has 0 heterocycles. The van der Waals surface area contributed by atoms with Gasteiger partial charge in [0.25, 0.3) is 0 Å². The Balaban J connectivity index is 3.55.